The molecule has 1 aromatic rings. The minimum atomic E-state index is 0.200. The van der Waals surface area contributed by atoms with Gasteiger partial charge in [0, 0.05) is 18.0 Å². The number of hydrogen-bond donors (Lipinski definition) is 1. The van der Waals surface area contributed by atoms with Gasteiger partial charge in [-0.3, -0.25) is 0 Å². The molecule has 1 unspecified atom stereocenters. The molecule has 0 saturated heterocycles. The lowest BCUT2D eigenvalue weighted by Gasteiger charge is -2.06. The highest BCUT2D eigenvalue weighted by Crippen LogP contribution is 2.27. The molecule has 0 aliphatic carbocycles. The van der Waals surface area contributed by atoms with Crippen LogP contribution in [0.25, 0.3) is 5.57 Å². The molecule has 1 heterocycles. The third-order valence-corrected chi connectivity index (χ3v) is 2.57. The Bertz CT molecular complexity index is 446. The Morgan fingerprint density at radius 3 is 2.88 bits per heavy atom. The molecule has 82 valence electrons. The number of allylic oxidation sites excluding steroid dienone is 2. The molecule has 1 aliphatic heterocycles. The van der Waals surface area contributed by atoms with E-state index < -0.39 is 0 Å². The molecule has 0 spiro atoms. The van der Waals surface area contributed by atoms with Crippen LogP contribution in [0.2, 0.25) is 0 Å². The van der Waals surface area contributed by atoms with Crippen molar-refractivity contribution in [2.75, 3.05) is 6.54 Å². The van der Waals surface area contributed by atoms with Crippen molar-refractivity contribution in [2.24, 2.45) is 11.7 Å². The van der Waals surface area contributed by atoms with Crippen molar-refractivity contribution in [3.05, 3.63) is 60.9 Å². The highest BCUT2D eigenvalue weighted by atomic mass is 16.5. The van der Waals surface area contributed by atoms with Gasteiger partial charge in [0.05, 0.1) is 6.26 Å². The van der Waals surface area contributed by atoms with Crippen molar-refractivity contribution in [3.8, 4) is 5.75 Å². The molecule has 0 radical (unpaired) electrons. The lowest BCUT2D eigenvalue weighted by Crippen LogP contribution is -2.09. The van der Waals surface area contributed by atoms with Crippen molar-refractivity contribution < 1.29 is 4.74 Å². The van der Waals surface area contributed by atoms with E-state index in [1.165, 1.54) is 0 Å². The summed E-state index contributed by atoms with van der Waals surface area (Å²) in [5, 5.41) is 0. The fraction of sp³-hybridized carbons (Fsp3) is 0.143. The lowest BCUT2D eigenvalue weighted by atomic mass is 10.0. The molecule has 0 saturated carbocycles. The molecule has 0 fully saturated rings. The molecule has 0 bridgehead atoms. The van der Waals surface area contributed by atoms with Crippen molar-refractivity contribution in [1.82, 2.24) is 0 Å². The molecule has 2 rings (SSSR count). The monoisotopic (exact) mass is 213 g/mol. The predicted octanol–water partition coefficient (Wildman–Crippen LogP) is 2.74. The van der Waals surface area contributed by atoms with Gasteiger partial charge in [-0.15, -0.1) is 0 Å². The van der Waals surface area contributed by atoms with E-state index >= 15 is 0 Å². The van der Waals surface area contributed by atoms with E-state index in [2.05, 4.69) is 6.58 Å². The van der Waals surface area contributed by atoms with E-state index in [0.29, 0.717) is 6.54 Å². The third kappa shape index (κ3) is 2.23. The first kappa shape index (κ1) is 10.7. The van der Waals surface area contributed by atoms with Crippen molar-refractivity contribution in [1.29, 1.82) is 0 Å². The summed E-state index contributed by atoms with van der Waals surface area (Å²) in [5.74, 6) is 1.03. The highest BCUT2D eigenvalue weighted by Gasteiger charge is 2.06. The van der Waals surface area contributed by atoms with Gasteiger partial charge in [-0.1, -0.05) is 36.9 Å². The zero-order chi connectivity index (χ0) is 11.4. The number of nitrogens with two attached hydrogens (primary N) is 1. The Kier molecular flexibility index (Phi) is 3.22. The average Bonchev–Trinajstić information content (AvgIpc) is 2.40. The summed E-state index contributed by atoms with van der Waals surface area (Å²) < 4.78 is 5.57. The van der Waals surface area contributed by atoms with Gasteiger partial charge in [-0.2, -0.15) is 0 Å². The topological polar surface area (TPSA) is 35.2 Å². The van der Waals surface area contributed by atoms with Crippen LogP contribution in [0.3, 0.4) is 0 Å². The summed E-state index contributed by atoms with van der Waals surface area (Å²) in [6.45, 7) is 4.60. The number of fused-ring (bicyclic) bond motifs is 1. The van der Waals surface area contributed by atoms with Crippen LogP contribution in [0.4, 0.5) is 0 Å². The molecule has 0 amide bonds. The van der Waals surface area contributed by atoms with Crippen LogP contribution < -0.4 is 10.5 Å². The SMILES string of the molecule is C=C1C=CC(CN)/C=C\Oc2ccccc21. The molecule has 0 aromatic heterocycles. The van der Waals surface area contributed by atoms with Crippen molar-refractivity contribution in [3.63, 3.8) is 0 Å². The Balaban J connectivity index is 2.39. The summed E-state index contributed by atoms with van der Waals surface area (Å²) in [5.41, 5.74) is 7.59. The number of ether oxygens (including phenoxy) is 1. The van der Waals surface area contributed by atoms with Gasteiger partial charge in [-0.25, -0.2) is 0 Å². The summed E-state index contributed by atoms with van der Waals surface area (Å²) >= 11 is 0. The van der Waals surface area contributed by atoms with E-state index in [1.54, 1.807) is 6.26 Å². The molecule has 2 heteroatoms. The zero-order valence-electron chi connectivity index (χ0n) is 9.10. The smallest absolute Gasteiger partial charge is 0.134 e. The number of hydrogen-bond acceptors (Lipinski definition) is 2. The van der Waals surface area contributed by atoms with Crippen LogP contribution in [0.15, 0.2) is 55.3 Å². The average molecular weight is 213 g/mol. The summed E-state index contributed by atoms with van der Waals surface area (Å²) in [4.78, 5) is 0. The second kappa shape index (κ2) is 4.81. The second-order valence-corrected chi connectivity index (χ2v) is 3.73. The summed E-state index contributed by atoms with van der Waals surface area (Å²) in [6, 6.07) is 7.85. The highest BCUT2D eigenvalue weighted by molar-refractivity contribution is 5.76. The number of rotatable bonds is 1. The maximum atomic E-state index is 5.64. The van der Waals surface area contributed by atoms with Gasteiger partial charge in [-0.05, 0) is 17.7 Å². The first-order chi connectivity index (χ1) is 7.81. The summed E-state index contributed by atoms with van der Waals surface area (Å²) in [6.07, 6.45) is 7.69. The first-order valence-electron chi connectivity index (χ1n) is 5.31. The van der Waals surface area contributed by atoms with Gasteiger partial charge in [0.1, 0.15) is 5.75 Å². The van der Waals surface area contributed by atoms with E-state index in [1.807, 2.05) is 42.5 Å². The largest absolute Gasteiger partial charge is 0.465 e. The van der Waals surface area contributed by atoms with E-state index in [9.17, 15) is 0 Å². The van der Waals surface area contributed by atoms with Crippen LogP contribution in [0.5, 0.6) is 5.75 Å². The second-order valence-electron chi connectivity index (χ2n) is 3.73. The fourth-order valence-corrected chi connectivity index (χ4v) is 1.60. The minimum Gasteiger partial charge on any atom is -0.465 e. The normalized spacial score (nSPS) is 21.3. The molecule has 16 heavy (non-hydrogen) atoms. The van der Waals surface area contributed by atoms with Crippen molar-refractivity contribution >= 4 is 5.57 Å². The number of para-hydroxylation sites is 1. The van der Waals surface area contributed by atoms with Crippen LogP contribution in [-0.2, 0) is 0 Å². The molecule has 1 atom stereocenters. The molecule has 2 N–H and O–H groups in total. The Morgan fingerprint density at radius 1 is 1.25 bits per heavy atom. The quantitative estimate of drug-likeness (QED) is 0.778. The molecular weight excluding hydrogens is 198 g/mol. The van der Waals surface area contributed by atoms with E-state index in [-0.39, 0.29) is 5.92 Å². The maximum Gasteiger partial charge on any atom is 0.134 e. The standard InChI is InChI=1S/C14H15NO/c1-11-6-7-12(10-15)8-9-16-14-5-3-2-4-13(11)14/h2-9,12H,1,10,15H2/b7-6?,9-8-. The van der Waals surface area contributed by atoms with Crippen molar-refractivity contribution in [2.45, 2.75) is 0 Å². The first-order valence-corrected chi connectivity index (χ1v) is 5.31. The van der Waals surface area contributed by atoms with Crippen LogP contribution >= 0.6 is 0 Å². The van der Waals surface area contributed by atoms with E-state index in [0.717, 1.165) is 16.9 Å². The zero-order valence-corrected chi connectivity index (χ0v) is 9.10. The third-order valence-electron chi connectivity index (χ3n) is 2.57. The van der Waals surface area contributed by atoms with Gasteiger partial charge >= 0.3 is 0 Å². The Hall–Kier alpha value is -1.80. The van der Waals surface area contributed by atoms with Gasteiger partial charge in [0.25, 0.3) is 0 Å². The van der Waals surface area contributed by atoms with Gasteiger partial charge in [0.15, 0.2) is 0 Å². The van der Waals surface area contributed by atoms with Gasteiger partial charge in [0.2, 0.25) is 0 Å². The predicted molar refractivity (Wildman–Crippen MR) is 66.9 cm³/mol. The summed E-state index contributed by atoms with van der Waals surface area (Å²) in [7, 11) is 0. The number of benzene rings is 1. The van der Waals surface area contributed by atoms with Crippen LogP contribution in [-0.4, -0.2) is 6.54 Å². The molecule has 1 aromatic carbocycles. The fourth-order valence-electron chi connectivity index (χ4n) is 1.60. The molecular formula is C14H15NO. The Morgan fingerprint density at radius 2 is 2.06 bits per heavy atom. The Labute approximate surface area is 95.7 Å². The van der Waals surface area contributed by atoms with Crippen LogP contribution in [0.1, 0.15) is 5.56 Å². The van der Waals surface area contributed by atoms with E-state index in [4.69, 9.17) is 10.5 Å². The maximum absolute atomic E-state index is 5.64. The lowest BCUT2D eigenvalue weighted by molar-refractivity contribution is 0.475. The molecule has 2 nitrogen and oxygen atoms in total. The molecule has 1 aliphatic rings. The van der Waals surface area contributed by atoms with Crippen LogP contribution in [0, 0.1) is 5.92 Å². The van der Waals surface area contributed by atoms with Gasteiger partial charge < -0.3 is 10.5 Å². The minimum absolute atomic E-state index is 0.200.